The first kappa shape index (κ1) is 20.4. The summed E-state index contributed by atoms with van der Waals surface area (Å²) < 4.78 is 5.86. The molecule has 0 aliphatic carbocycles. The second-order valence-electron chi connectivity index (χ2n) is 7.38. The van der Waals surface area contributed by atoms with Gasteiger partial charge in [0, 0.05) is 0 Å². The molecular weight excluding hydrogens is 390 g/mol. The lowest BCUT2D eigenvalue weighted by molar-refractivity contribution is -0.172. The highest BCUT2D eigenvalue weighted by Gasteiger charge is 2.47. The maximum absolute atomic E-state index is 13.0. The van der Waals surface area contributed by atoms with Gasteiger partial charge in [-0.3, -0.25) is 4.90 Å². The molecule has 4 rings (SSSR count). The summed E-state index contributed by atoms with van der Waals surface area (Å²) in [7, 11) is 0. The number of nitrogens with zero attached hydrogens (tertiary/aromatic N) is 1. The van der Waals surface area contributed by atoms with Crippen molar-refractivity contribution in [3.8, 4) is 0 Å². The Morgan fingerprint density at radius 3 is 2.00 bits per heavy atom. The molecule has 1 amide bonds. The van der Waals surface area contributed by atoms with Gasteiger partial charge in [-0.15, -0.1) is 0 Å². The number of carbonyl (C=O) groups is 2. The summed E-state index contributed by atoms with van der Waals surface area (Å²) in [4.78, 5) is 26.6. The molecule has 0 aromatic heterocycles. The molecule has 1 fully saturated rings. The molecule has 31 heavy (non-hydrogen) atoms. The van der Waals surface area contributed by atoms with Crippen molar-refractivity contribution < 1.29 is 19.4 Å². The van der Waals surface area contributed by atoms with Crippen LogP contribution in [0.15, 0.2) is 97.1 Å². The van der Waals surface area contributed by atoms with Crippen molar-refractivity contribution in [2.45, 2.75) is 24.6 Å². The molecule has 0 bridgehead atoms. The Morgan fingerprint density at radius 2 is 1.42 bits per heavy atom. The monoisotopic (exact) mass is 413 g/mol. The fraction of sp³-hybridized carbons (Fsp3) is 0.154. The molecule has 1 aliphatic rings. The summed E-state index contributed by atoms with van der Waals surface area (Å²) in [6.45, 7) is 0. The minimum Gasteiger partial charge on any atom is -0.465 e. The van der Waals surface area contributed by atoms with Gasteiger partial charge in [-0.1, -0.05) is 103 Å². The first-order valence-electron chi connectivity index (χ1n) is 10.2. The molecule has 1 saturated heterocycles. The van der Waals surface area contributed by atoms with Crippen LogP contribution in [0.2, 0.25) is 0 Å². The summed E-state index contributed by atoms with van der Waals surface area (Å²) in [5.41, 5.74) is 2.52. The van der Waals surface area contributed by atoms with E-state index in [2.05, 4.69) is 0 Å². The zero-order valence-corrected chi connectivity index (χ0v) is 16.9. The van der Waals surface area contributed by atoms with Gasteiger partial charge in [0.2, 0.25) is 0 Å². The Labute approximate surface area is 181 Å². The summed E-state index contributed by atoms with van der Waals surface area (Å²) in [6.07, 6.45) is 2.06. The van der Waals surface area contributed by atoms with Crippen LogP contribution >= 0.6 is 0 Å². The number of amides is 1. The third-order valence-electron chi connectivity index (χ3n) is 5.40. The van der Waals surface area contributed by atoms with Crippen LogP contribution in [-0.2, 0) is 9.53 Å². The van der Waals surface area contributed by atoms with Crippen molar-refractivity contribution in [3.63, 3.8) is 0 Å². The van der Waals surface area contributed by atoms with Crippen LogP contribution in [0.4, 0.5) is 4.79 Å². The number of cyclic esters (lactones) is 1. The zero-order valence-electron chi connectivity index (χ0n) is 16.9. The molecule has 5 nitrogen and oxygen atoms in total. The lowest BCUT2D eigenvalue weighted by Gasteiger charge is -2.43. The quantitative estimate of drug-likeness (QED) is 0.563. The Bertz CT molecular complexity index is 1050. The van der Waals surface area contributed by atoms with Crippen LogP contribution in [0.25, 0.3) is 6.08 Å². The maximum Gasteiger partial charge on any atom is 0.408 e. The van der Waals surface area contributed by atoms with Gasteiger partial charge in [-0.05, 0) is 23.1 Å². The maximum atomic E-state index is 13.0. The molecule has 3 aromatic rings. The normalized spacial score (nSPS) is 21.1. The topological polar surface area (TPSA) is 66.8 Å². The average Bonchev–Trinajstić information content (AvgIpc) is 2.81. The highest BCUT2D eigenvalue weighted by atomic mass is 16.6. The van der Waals surface area contributed by atoms with Crippen LogP contribution < -0.4 is 0 Å². The fourth-order valence-electron chi connectivity index (χ4n) is 3.96. The second kappa shape index (κ2) is 9.30. The molecule has 3 atom stereocenters. The SMILES string of the molecule is O=C1OC(c2ccccc2)C(c2ccccc2)N(C(=O)O)C1C/C=C/c1ccccc1. The van der Waals surface area contributed by atoms with Gasteiger partial charge in [-0.2, -0.15) is 0 Å². The van der Waals surface area contributed by atoms with Crippen LogP contribution in [0.3, 0.4) is 0 Å². The number of benzene rings is 3. The summed E-state index contributed by atoms with van der Waals surface area (Å²) >= 11 is 0. The third-order valence-corrected chi connectivity index (χ3v) is 5.40. The van der Waals surface area contributed by atoms with Gasteiger partial charge in [-0.25, -0.2) is 9.59 Å². The highest BCUT2D eigenvalue weighted by molar-refractivity contribution is 5.83. The molecular formula is C26H23NO4. The molecule has 5 heteroatoms. The number of morpholine rings is 1. The van der Waals surface area contributed by atoms with Crippen LogP contribution in [-0.4, -0.2) is 28.1 Å². The number of hydrogen-bond acceptors (Lipinski definition) is 3. The zero-order chi connectivity index (χ0) is 21.6. The molecule has 0 radical (unpaired) electrons. The van der Waals surface area contributed by atoms with Crippen molar-refractivity contribution >= 4 is 18.1 Å². The van der Waals surface area contributed by atoms with Gasteiger partial charge in [0.15, 0.2) is 6.10 Å². The van der Waals surface area contributed by atoms with Crippen molar-refractivity contribution in [1.29, 1.82) is 0 Å². The average molecular weight is 413 g/mol. The van der Waals surface area contributed by atoms with E-state index in [1.165, 1.54) is 4.90 Å². The molecule has 1 aliphatic heterocycles. The smallest absolute Gasteiger partial charge is 0.408 e. The van der Waals surface area contributed by atoms with Gasteiger partial charge in [0.05, 0.1) is 0 Å². The minimum absolute atomic E-state index is 0.227. The highest BCUT2D eigenvalue weighted by Crippen LogP contribution is 2.42. The van der Waals surface area contributed by atoms with Gasteiger partial charge in [0.25, 0.3) is 0 Å². The first-order valence-corrected chi connectivity index (χ1v) is 10.2. The lowest BCUT2D eigenvalue weighted by atomic mass is 9.90. The largest absolute Gasteiger partial charge is 0.465 e. The molecule has 0 saturated carbocycles. The van der Waals surface area contributed by atoms with Crippen LogP contribution in [0, 0.1) is 0 Å². The predicted octanol–water partition coefficient (Wildman–Crippen LogP) is 5.48. The van der Waals surface area contributed by atoms with Crippen LogP contribution in [0.5, 0.6) is 0 Å². The first-order chi connectivity index (χ1) is 15.1. The van der Waals surface area contributed by atoms with Crippen LogP contribution in [0.1, 0.15) is 35.3 Å². The van der Waals surface area contributed by atoms with E-state index in [1.807, 2.05) is 103 Å². The van der Waals surface area contributed by atoms with E-state index in [0.29, 0.717) is 0 Å². The number of carbonyl (C=O) groups excluding carboxylic acids is 1. The Morgan fingerprint density at radius 1 is 0.871 bits per heavy atom. The number of carboxylic acid groups (broad SMARTS) is 1. The van der Waals surface area contributed by atoms with Crippen molar-refractivity contribution in [2.24, 2.45) is 0 Å². The lowest BCUT2D eigenvalue weighted by Crippen LogP contribution is -2.53. The van der Waals surface area contributed by atoms with Gasteiger partial charge < -0.3 is 9.84 Å². The second-order valence-corrected chi connectivity index (χ2v) is 7.38. The molecule has 3 unspecified atom stereocenters. The summed E-state index contributed by atoms with van der Waals surface area (Å²) in [6, 6.07) is 26.7. The van der Waals surface area contributed by atoms with Gasteiger partial charge in [0.1, 0.15) is 12.1 Å². The molecule has 156 valence electrons. The van der Waals surface area contributed by atoms with E-state index >= 15 is 0 Å². The third kappa shape index (κ3) is 4.51. The number of rotatable bonds is 5. The number of hydrogen-bond donors (Lipinski definition) is 1. The minimum atomic E-state index is -1.15. The number of ether oxygens (including phenoxy) is 1. The van der Waals surface area contributed by atoms with E-state index in [-0.39, 0.29) is 6.42 Å². The standard InChI is InChI=1S/C26H23NO4/c28-25-22(18-10-13-19-11-4-1-5-12-19)27(26(29)30)23(20-14-6-2-7-15-20)24(31-25)21-16-8-3-9-17-21/h1-17,22-24H,18H2,(H,29,30)/b13-10+. The van der Waals surface area contributed by atoms with Crippen molar-refractivity contribution in [1.82, 2.24) is 4.90 Å². The van der Waals surface area contributed by atoms with E-state index in [1.54, 1.807) is 0 Å². The van der Waals surface area contributed by atoms with Gasteiger partial charge >= 0.3 is 12.1 Å². The Kier molecular flexibility index (Phi) is 6.13. The predicted molar refractivity (Wildman–Crippen MR) is 118 cm³/mol. The molecule has 1 N–H and O–H groups in total. The van der Waals surface area contributed by atoms with E-state index < -0.39 is 30.3 Å². The summed E-state index contributed by atoms with van der Waals surface area (Å²) in [5, 5.41) is 10.1. The molecule has 3 aromatic carbocycles. The van der Waals surface area contributed by atoms with E-state index in [9.17, 15) is 14.7 Å². The molecule has 0 spiro atoms. The van der Waals surface area contributed by atoms with Crippen molar-refractivity contribution in [2.75, 3.05) is 0 Å². The molecule has 1 heterocycles. The number of esters is 1. The van der Waals surface area contributed by atoms with E-state index in [4.69, 9.17) is 4.74 Å². The van der Waals surface area contributed by atoms with Crippen molar-refractivity contribution in [3.05, 3.63) is 114 Å². The van der Waals surface area contributed by atoms with E-state index in [0.717, 1.165) is 16.7 Å². The Hall–Kier alpha value is -3.86. The fourth-order valence-corrected chi connectivity index (χ4v) is 3.96. The summed E-state index contributed by atoms with van der Waals surface area (Å²) in [5.74, 6) is -0.541. The Balaban J connectivity index is 1.70.